The maximum atomic E-state index is 12.5. The molecule has 144 valence electrons. The second-order valence-corrected chi connectivity index (χ2v) is 6.87. The van der Waals surface area contributed by atoms with E-state index in [1.54, 1.807) is 48.7 Å². The van der Waals surface area contributed by atoms with Gasteiger partial charge in [0.05, 0.1) is 10.3 Å². The highest BCUT2D eigenvalue weighted by molar-refractivity contribution is 7.12. The predicted octanol–water partition coefficient (Wildman–Crippen LogP) is 1.90. The van der Waals surface area contributed by atoms with Crippen molar-refractivity contribution in [1.82, 2.24) is 20.6 Å². The Hall–Kier alpha value is -3.33. The van der Waals surface area contributed by atoms with Gasteiger partial charge in [-0.25, -0.2) is 4.68 Å². The topological polar surface area (TPSA) is 110 Å². The minimum atomic E-state index is -0.642. The molecule has 3 aromatic rings. The quantitative estimate of drug-likeness (QED) is 0.487. The van der Waals surface area contributed by atoms with Gasteiger partial charge in [0.2, 0.25) is 5.91 Å². The normalized spacial score (nSPS) is 10.6. The van der Waals surface area contributed by atoms with Crippen LogP contribution in [-0.4, -0.2) is 27.4 Å². The Labute approximate surface area is 164 Å². The predicted molar refractivity (Wildman–Crippen MR) is 105 cm³/mol. The van der Waals surface area contributed by atoms with Crippen molar-refractivity contribution in [2.45, 2.75) is 26.3 Å². The van der Waals surface area contributed by atoms with E-state index in [9.17, 15) is 19.2 Å². The van der Waals surface area contributed by atoms with Gasteiger partial charge >= 0.3 is 0 Å². The van der Waals surface area contributed by atoms with Crippen molar-refractivity contribution in [3.8, 4) is 0 Å². The fourth-order valence-electron chi connectivity index (χ4n) is 2.65. The van der Waals surface area contributed by atoms with Crippen LogP contribution in [0.15, 0.2) is 46.6 Å². The van der Waals surface area contributed by atoms with E-state index >= 15 is 0 Å². The van der Waals surface area contributed by atoms with Gasteiger partial charge in [-0.2, -0.15) is 5.10 Å². The number of hydrogen-bond donors (Lipinski definition) is 2. The van der Waals surface area contributed by atoms with E-state index in [4.69, 9.17) is 0 Å². The summed E-state index contributed by atoms with van der Waals surface area (Å²) in [7, 11) is 0. The largest absolute Gasteiger partial charge is 0.293 e. The molecule has 0 saturated heterocycles. The van der Waals surface area contributed by atoms with E-state index in [-0.39, 0.29) is 29.9 Å². The van der Waals surface area contributed by atoms with Gasteiger partial charge in [0, 0.05) is 24.8 Å². The molecule has 28 heavy (non-hydrogen) atoms. The number of amides is 2. The van der Waals surface area contributed by atoms with Crippen LogP contribution < -0.4 is 16.4 Å². The molecule has 0 saturated carbocycles. The summed E-state index contributed by atoms with van der Waals surface area (Å²) in [5, 5.41) is 6.66. The third-order valence-corrected chi connectivity index (χ3v) is 4.98. The summed E-state index contributed by atoms with van der Waals surface area (Å²) in [6, 6.07) is 10.1. The highest BCUT2D eigenvalue weighted by atomic mass is 32.1. The maximum Gasteiger partial charge on any atom is 0.290 e. The highest BCUT2D eigenvalue weighted by Crippen LogP contribution is 2.13. The first kappa shape index (κ1) is 19.4. The van der Waals surface area contributed by atoms with E-state index < -0.39 is 11.8 Å². The molecule has 0 radical (unpaired) electrons. The van der Waals surface area contributed by atoms with Gasteiger partial charge in [0.25, 0.3) is 11.5 Å². The SMILES string of the molecule is CCn1nc(C(=O)NNC(=O)CCC(=O)c2cccs2)c2ccccc2c1=O. The molecule has 0 aliphatic rings. The summed E-state index contributed by atoms with van der Waals surface area (Å²) in [6.07, 6.45) is -0.0102. The van der Waals surface area contributed by atoms with Crippen LogP contribution in [0.4, 0.5) is 0 Å². The number of fused-ring (bicyclic) bond motifs is 1. The Balaban J connectivity index is 1.66. The molecule has 2 aromatic heterocycles. The summed E-state index contributed by atoms with van der Waals surface area (Å²) in [5.41, 5.74) is 4.33. The van der Waals surface area contributed by atoms with Crippen molar-refractivity contribution in [2.24, 2.45) is 0 Å². The molecule has 8 nitrogen and oxygen atoms in total. The number of nitrogens with zero attached hydrogens (tertiary/aromatic N) is 2. The first-order valence-corrected chi connectivity index (χ1v) is 9.55. The van der Waals surface area contributed by atoms with Crippen LogP contribution in [0.5, 0.6) is 0 Å². The molecular weight excluding hydrogens is 380 g/mol. The van der Waals surface area contributed by atoms with Crippen molar-refractivity contribution in [2.75, 3.05) is 0 Å². The van der Waals surface area contributed by atoms with Gasteiger partial charge in [0.15, 0.2) is 11.5 Å². The summed E-state index contributed by atoms with van der Waals surface area (Å²) in [4.78, 5) is 49.3. The molecule has 0 bridgehead atoms. The zero-order chi connectivity index (χ0) is 20.1. The number of rotatable bonds is 6. The van der Waals surface area contributed by atoms with Gasteiger partial charge < -0.3 is 0 Å². The molecule has 0 spiro atoms. The number of Topliss-reactive ketones (excluding diaryl/α,β-unsaturated/α-hetero) is 1. The van der Waals surface area contributed by atoms with E-state index in [1.807, 2.05) is 0 Å². The first-order valence-electron chi connectivity index (χ1n) is 8.67. The molecule has 1 aromatic carbocycles. The molecule has 0 unspecified atom stereocenters. The zero-order valence-corrected chi connectivity index (χ0v) is 15.9. The number of nitrogens with one attached hydrogen (secondary N) is 2. The van der Waals surface area contributed by atoms with Crippen LogP contribution >= 0.6 is 11.3 Å². The number of aromatic nitrogens is 2. The highest BCUT2D eigenvalue weighted by Gasteiger charge is 2.17. The number of thiophene rings is 1. The zero-order valence-electron chi connectivity index (χ0n) is 15.1. The number of hydrogen-bond acceptors (Lipinski definition) is 6. The lowest BCUT2D eigenvalue weighted by Crippen LogP contribution is -2.42. The first-order chi connectivity index (χ1) is 13.5. The van der Waals surface area contributed by atoms with E-state index in [0.29, 0.717) is 22.2 Å². The number of carbonyl (C=O) groups excluding carboxylic acids is 3. The van der Waals surface area contributed by atoms with Crippen molar-refractivity contribution in [3.05, 3.63) is 62.7 Å². The molecule has 0 fully saturated rings. The molecule has 0 aliphatic carbocycles. The minimum Gasteiger partial charge on any atom is -0.293 e. The summed E-state index contributed by atoms with van der Waals surface area (Å²) < 4.78 is 1.19. The second kappa shape index (κ2) is 8.57. The third-order valence-electron chi connectivity index (χ3n) is 4.07. The van der Waals surface area contributed by atoms with E-state index in [0.717, 1.165) is 0 Å². The Morgan fingerprint density at radius 2 is 1.79 bits per heavy atom. The van der Waals surface area contributed by atoms with Crippen molar-refractivity contribution in [3.63, 3.8) is 0 Å². The van der Waals surface area contributed by atoms with Gasteiger partial charge in [-0.05, 0) is 24.4 Å². The van der Waals surface area contributed by atoms with Crippen LogP contribution in [0, 0.1) is 0 Å². The minimum absolute atomic E-state index is 0.0343. The fourth-order valence-corrected chi connectivity index (χ4v) is 3.35. The maximum absolute atomic E-state index is 12.5. The second-order valence-electron chi connectivity index (χ2n) is 5.92. The Bertz CT molecular complexity index is 1090. The molecule has 9 heteroatoms. The number of ketones is 1. The van der Waals surface area contributed by atoms with Crippen LogP contribution in [-0.2, 0) is 11.3 Å². The van der Waals surface area contributed by atoms with Crippen LogP contribution in [0.1, 0.15) is 39.9 Å². The summed E-state index contributed by atoms with van der Waals surface area (Å²) in [5.74, 6) is -1.26. The van der Waals surface area contributed by atoms with Crippen LogP contribution in [0.25, 0.3) is 10.8 Å². The molecule has 2 amide bonds. The average Bonchev–Trinajstić information content (AvgIpc) is 3.25. The number of hydrazine groups is 1. The molecule has 0 aliphatic heterocycles. The van der Waals surface area contributed by atoms with Gasteiger partial charge in [0.1, 0.15) is 0 Å². The van der Waals surface area contributed by atoms with E-state index in [2.05, 4.69) is 16.0 Å². The lowest BCUT2D eigenvalue weighted by atomic mass is 10.1. The molecule has 0 atom stereocenters. The van der Waals surface area contributed by atoms with Crippen molar-refractivity contribution >= 4 is 39.7 Å². The Kier molecular flexibility index (Phi) is 5.95. The molecular formula is C19H18N4O4S. The number of carbonyl (C=O) groups is 3. The summed E-state index contributed by atoms with van der Waals surface area (Å²) in [6.45, 7) is 2.05. The number of aryl methyl sites for hydroxylation is 1. The van der Waals surface area contributed by atoms with Crippen LogP contribution in [0.3, 0.4) is 0 Å². The third kappa shape index (κ3) is 4.15. The average molecular weight is 398 g/mol. The monoisotopic (exact) mass is 398 g/mol. The van der Waals surface area contributed by atoms with E-state index in [1.165, 1.54) is 16.0 Å². The Morgan fingerprint density at radius 1 is 1.04 bits per heavy atom. The van der Waals surface area contributed by atoms with Gasteiger partial charge in [-0.3, -0.25) is 30.0 Å². The van der Waals surface area contributed by atoms with Crippen molar-refractivity contribution in [1.29, 1.82) is 0 Å². The number of benzene rings is 1. The molecule has 2 N–H and O–H groups in total. The standard InChI is InChI=1S/C19H18N4O4S/c1-2-23-19(27)13-7-4-3-6-12(13)17(22-23)18(26)21-20-16(25)10-9-14(24)15-8-5-11-28-15/h3-8,11H,2,9-10H2,1H3,(H,20,25)(H,21,26). The fraction of sp³-hybridized carbons (Fsp3) is 0.211. The lowest BCUT2D eigenvalue weighted by Gasteiger charge is -2.10. The van der Waals surface area contributed by atoms with Gasteiger partial charge in [-0.15, -0.1) is 11.3 Å². The Morgan fingerprint density at radius 3 is 2.46 bits per heavy atom. The van der Waals surface area contributed by atoms with Crippen LogP contribution in [0.2, 0.25) is 0 Å². The summed E-state index contributed by atoms with van der Waals surface area (Å²) >= 11 is 1.32. The molecule has 3 rings (SSSR count). The molecule has 2 heterocycles. The lowest BCUT2D eigenvalue weighted by molar-refractivity contribution is -0.121. The smallest absolute Gasteiger partial charge is 0.290 e. The van der Waals surface area contributed by atoms with Crippen molar-refractivity contribution < 1.29 is 14.4 Å². The van der Waals surface area contributed by atoms with Gasteiger partial charge in [-0.1, -0.05) is 24.3 Å².